The minimum absolute atomic E-state index is 0.141. The second kappa shape index (κ2) is 8.34. The zero-order valence-corrected chi connectivity index (χ0v) is 15.9. The summed E-state index contributed by atoms with van der Waals surface area (Å²) in [5, 5.41) is 0. The van der Waals surface area contributed by atoms with E-state index >= 15 is 0 Å². The monoisotopic (exact) mass is 376 g/mol. The number of hydrogen-bond acceptors (Lipinski definition) is 8. The first-order chi connectivity index (χ1) is 13.0. The van der Waals surface area contributed by atoms with Crippen molar-refractivity contribution in [3.63, 3.8) is 0 Å². The van der Waals surface area contributed by atoms with Gasteiger partial charge in [-0.1, -0.05) is 6.92 Å². The van der Waals surface area contributed by atoms with Crippen LogP contribution in [0.3, 0.4) is 0 Å². The zero-order chi connectivity index (χ0) is 19.4. The largest absolute Gasteiger partial charge is 0.493 e. The summed E-state index contributed by atoms with van der Waals surface area (Å²) in [5.41, 5.74) is 5.92. The Morgan fingerprint density at radius 1 is 1.15 bits per heavy atom. The highest BCUT2D eigenvalue weighted by molar-refractivity contribution is 5.41. The topological polar surface area (TPSA) is 89.6 Å². The Morgan fingerprint density at radius 3 is 2.56 bits per heavy atom. The van der Waals surface area contributed by atoms with Crippen LogP contribution in [0, 0.1) is 5.82 Å². The third-order valence-electron chi connectivity index (χ3n) is 4.50. The number of methoxy groups -OCH3 is 1. The number of aromatic nitrogens is 3. The van der Waals surface area contributed by atoms with Crippen molar-refractivity contribution in [1.29, 1.82) is 0 Å². The number of nitrogens with two attached hydrogens (primary N) is 1. The quantitative estimate of drug-likeness (QED) is 0.817. The molecular weight excluding hydrogens is 351 g/mol. The predicted molar refractivity (Wildman–Crippen MR) is 101 cm³/mol. The molecule has 9 heteroatoms. The third-order valence-corrected chi connectivity index (χ3v) is 4.50. The summed E-state index contributed by atoms with van der Waals surface area (Å²) in [6, 6.07) is 4.13. The average Bonchev–Trinajstić information content (AvgIpc) is 2.66. The summed E-state index contributed by atoms with van der Waals surface area (Å²) in [7, 11) is 3.59. The normalized spacial score (nSPS) is 16.2. The van der Waals surface area contributed by atoms with Crippen molar-refractivity contribution in [1.82, 2.24) is 19.9 Å². The highest BCUT2D eigenvalue weighted by atomic mass is 19.1. The standard InChI is InChI=1S/C18H25FN6O2/c1-4-13(27-15-11-12(19)5-6-14(15)26-3)16-21-17(20)23-18(22-16)25-9-7-24(2)8-10-25/h5-6,11,13H,4,7-10H2,1-3H3,(H2,20,21,22,23). The van der Waals surface area contributed by atoms with Crippen LogP contribution in [0.4, 0.5) is 16.3 Å². The van der Waals surface area contributed by atoms with Gasteiger partial charge in [0.05, 0.1) is 7.11 Å². The maximum atomic E-state index is 13.6. The summed E-state index contributed by atoms with van der Waals surface area (Å²) in [5.74, 6) is 1.43. The van der Waals surface area contributed by atoms with Crippen LogP contribution < -0.4 is 20.1 Å². The van der Waals surface area contributed by atoms with Gasteiger partial charge in [0.15, 0.2) is 23.4 Å². The molecule has 2 N–H and O–H groups in total. The molecule has 0 saturated carbocycles. The Balaban J connectivity index is 1.86. The molecule has 1 aromatic heterocycles. The Kier molecular flexibility index (Phi) is 5.90. The highest BCUT2D eigenvalue weighted by Gasteiger charge is 2.22. The van der Waals surface area contributed by atoms with Gasteiger partial charge in [-0.25, -0.2) is 4.39 Å². The van der Waals surface area contributed by atoms with Gasteiger partial charge < -0.3 is 25.0 Å². The predicted octanol–water partition coefficient (Wildman–Crippen LogP) is 1.88. The Labute approximate surface area is 158 Å². The lowest BCUT2D eigenvalue weighted by atomic mass is 10.2. The van der Waals surface area contributed by atoms with E-state index in [9.17, 15) is 4.39 Å². The van der Waals surface area contributed by atoms with E-state index in [1.165, 1.54) is 25.3 Å². The Hall–Kier alpha value is -2.68. The van der Waals surface area contributed by atoms with Crippen LogP contribution in [0.25, 0.3) is 0 Å². The van der Waals surface area contributed by atoms with Crippen LogP contribution in [0.15, 0.2) is 18.2 Å². The lowest BCUT2D eigenvalue weighted by molar-refractivity contribution is 0.182. The van der Waals surface area contributed by atoms with E-state index in [0.717, 1.165) is 26.2 Å². The molecular formula is C18H25FN6O2. The van der Waals surface area contributed by atoms with E-state index in [1.807, 2.05) is 6.92 Å². The lowest BCUT2D eigenvalue weighted by Crippen LogP contribution is -2.45. The number of likely N-dealkylation sites (N-methyl/N-ethyl adjacent to an activating group) is 1. The van der Waals surface area contributed by atoms with Crippen molar-refractivity contribution in [2.45, 2.75) is 19.4 Å². The fourth-order valence-corrected chi connectivity index (χ4v) is 2.90. The molecule has 3 rings (SSSR count). The van der Waals surface area contributed by atoms with E-state index in [2.05, 4.69) is 31.8 Å². The first kappa shape index (κ1) is 19.1. The number of nitrogen functional groups attached to an aromatic ring is 1. The van der Waals surface area contributed by atoms with Gasteiger partial charge in [-0.05, 0) is 25.6 Å². The summed E-state index contributed by atoms with van der Waals surface area (Å²) in [6.07, 6.45) is 0.0721. The van der Waals surface area contributed by atoms with Crippen molar-refractivity contribution in [3.8, 4) is 11.5 Å². The molecule has 2 heterocycles. The van der Waals surface area contributed by atoms with Crippen molar-refractivity contribution in [2.75, 3.05) is 51.0 Å². The molecule has 1 unspecified atom stereocenters. The smallest absolute Gasteiger partial charge is 0.230 e. The number of halogens is 1. The number of hydrogen-bond donors (Lipinski definition) is 1. The van der Waals surface area contributed by atoms with Crippen molar-refractivity contribution >= 4 is 11.9 Å². The van der Waals surface area contributed by atoms with Gasteiger partial charge in [-0.3, -0.25) is 0 Å². The van der Waals surface area contributed by atoms with E-state index in [-0.39, 0.29) is 5.95 Å². The van der Waals surface area contributed by atoms with E-state index in [1.54, 1.807) is 0 Å². The van der Waals surface area contributed by atoms with Crippen molar-refractivity contribution in [2.24, 2.45) is 0 Å². The van der Waals surface area contributed by atoms with Crippen LogP contribution in [0.1, 0.15) is 25.3 Å². The molecule has 0 amide bonds. The van der Waals surface area contributed by atoms with E-state index in [4.69, 9.17) is 15.2 Å². The Bertz CT molecular complexity index is 782. The molecule has 146 valence electrons. The first-order valence-corrected chi connectivity index (χ1v) is 8.95. The number of piperazine rings is 1. The van der Waals surface area contributed by atoms with Gasteiger partial charge >= 0.3 is 0 Å². The van der Waals surface area contributed by atoms with Crippen molar-refractivity contribution < 1.29 is 13.9 Å². The molecule has 0 radical (unpaired) electrons. The van der Waals surface area contributed by atoms with Gasteiger partial charge in [0.1, 0.15) is 5.82 Å². The van der Waals surface area contributed by atoms with Gasteiger partial charge in [0.25, 0.3) is 0 Å². The zero-order valence-electron chi connectivity index (χ0n) is 15.9. The fourth-order valence-electron chi connectivity index (χ4n) is 2.90. The molecule has 0 spiro atoms. The summed E-state index contributed by atoms with van der Waals surface area (Å²) in [4.78, 5) is 17.4. The minimum Gasteiger partial charge on any atom is -0.493 e. The molecule has 1 aliphatic rings. The minimum atomic E-state index is -0.503. The highest BCUT2D eigenvalue weighted by Crippen LogP contribution is 2.32. The molecule has 0 aliphatic carbocycles. The summed E-state index contributed by atoms with van der Waals surface area (Å²) >= 11 is 0. The molecule has 1 aromatic carbocycles. The lowest BCUT2D eigenvalue weighted by Gasteiger charge is -2.32. The van der Waals surface area contributed by atoms with Gasteiger partial charge in [-0.2, -0.15) is 15.0 Å². The summed E-state index contributed by atoms with van der Waals surface area (Å²) in [6.45, 7) is 5.42. The number of ether oxygens (including phenoxy) is 2. The van der Waals surface area contributed by atoms with Gasteiger partial charge in [-0.15, -0.1) is 0 Å². The third kappa shape index (κ3) is 4.54. The van der Waals surface area contributed by atoms with Crippen LogP contribution in [-0.2, 0) is 0 Å². The Morgan fingerprint density at radius 2 is 1.89 bits per heavy atom. The van der Waals surface area contributed by atoms with E-state index < -0.39 is 11.9 Å². The first-order valence-electron chi connectivity index (χ1n) is 8.95. The van der Waals surface area contributed by atoms with E-state index in [0.29, 0.717) is 29.7 Å². The molecule has 1 atom stereocenters. The number of benzene rings is 1. The average molecular weight is 376 g/mol. The number of nitrogens with zero attached hydrogens (tertiary/aromatic N) is 5. The van der Waals surface area contributed by atoms with Gasteiger partial charge in [0, 0.05) is 32.2 Å². The molecule has 2 aromatic rings. The SMILES string of the molecule is CCC(Oc1cc(F)ccc1OC)c1nc(N)nc(N2CCN(C)CC2)n1. The van der Waals surface area contributed by atoms with Crippen LogP contribution in [0.5, 0.6) is 11.5 Å². The summed E-state index contributed by atoms with van der Waals surface area (Å²) < 4.78 is 24.9. The van der Waals surface area contributed by atoms with Crippen LogP contribution >= 0.6 is 0 Å². The number of rotatable bonds is 6. The van der Waals surface area contributed by atoms with Crippen LogP contribution in [0.2, 0.25) is 0 Å². The second-order valence-electron chi connectivity index (χ2n) is 6.45. The molecule has 0 bridgehead atoms. The number of anilines is 2. The molecule has 1 saturated heterocycles. The van der Waals surface area contributed by atoms with Crippen LogP contribution in [-0.4, -0.2) is 60.2 Å². The molecule has 27 heavy (non-hydrogen) atoms. The van der Waals surface area contributed by atoms with Crippen molar-refractivity contribution in [3.05, 3.63) is 29.8 Å². The molecule has 1 aliphatic heterocycles. The maximum Gasteiger partial charge on any atom is 0.230 e. The fraction of sp³-hybridized carbons (Fsp3) is 0.500. The second-order valence-corrected chi connectivity index (χ2v) is 6.45. The molecule has 8 nitrogen and oxygen atoms in total. The van der Waals surface area contributed by atoms with Gasteiger partial charge in [0.2, 0.25) is 11.9 Å². The molecule has 1 fully saturated rings. The maximum absolute atomic E-state index is 13.6.